The highest BCUT2D eigenvalue weighted by atomic mass is 16.5. The van der Waals surface area contributed by atoms with Gasteiger partial charge in [0.2, 0.25) is 0 Å². The third kappa shape index (κ3) is 2.34. The van der Waals surface area contributed by atoms with E-state index in [1.54, 1.807) is 12.0 Å². The van der Waals surface area contributed by atoms with Crippen molar-refractivity contribution in [2.24, 2.45) is 0 Å². The minimum atomic E-state index is -0.0530. The standard InChI is InChI=1S/C14H19NO3/c1-10-5-6-13(18-2)12(8-10)14(17)15-7-3-4-11(15)9-16/h5-6,8,11,16H,3-4,7,9H2,1-2H3. The monoisotopic (exact) mass is 249 g/mol. The average molecular weight is 249 g/mol. The topological polar surface area (TPSA) is 49.8 Å². The van der Waals surface area contributed by atoms with E-state index in [-0.39, 0.29) is 18.6 Å². The summed E-state index contributed by atoms with van der Waals surface area (Å²) < 4.78 is 5.24. The second kappa shape index (κ2) is 5.40. The number of aliphatic hydroxyl groups is 1. The Labute approximate surface area is 107 Å². The van der Waals surface area contributed by atoms with Crippen LogP contribution in [0.4, 0.5) is 0 Å². The second-order valence-electron chi connectivity index (χ2n) is 4.68. The molecule has 1 aromatic rings. The van der Waals surface area contributed by atoms with Crippen LogP contribution in [0.3, 0.4) is 0 Å². The van der Waals surface area contributed by atoms with Crippen molar-refractivity contribution in [3.8, 4) is 5.75 Å². The summed E-state index contributed by atoms with van der Waals surface area (Å²) in [5, 5.41) is 9.29. The summed E-state index contributed by atoms with van der Waals surface area (Å²) in [5.74, 6) is 0.543. The Morgan fingerprint density at radius 2 is 2.33 bits per heavy atom. The number of methoxy groups -OCH3 is 1. The Bertz CT molecular complexity index is 445. The highest BCUT2D eigenvalue weighted by Gasteiger charge is 2.30. The Morgan fingerprint density at radius 3 is 3.00 bits per heavy atom. The summed E-state index contributed by atoms with van der Waals surface area (Å²) in [6.45, 7) is 2.69. The van der Waals surface area contributed by atoms with Crippen LogP contribution >= 0.6 is 0 Å². The third-order valence-electron chi connectivity index (χ3n) is 3.43. The van der Waals surface area contributed by atoms with Crippen molar-refractivity contribution in [1.82, 2.24) is 4.90 Å². The molecule has 18 heavy (non-hydrogen) atoms. The maximum absolute atomic E-state index is 12.5. The Balaban J connectivity index is 2.30. The molecule has 98 valence electrons. The van der Waals surface area contributed by atoms with Gasteiger partial charge < -0.3 is 14.7 Å². The van der Waals surface area contributed by atoms with Crippen LogP contribution in [-0.4, -0.2) is 42.2 Å². The molecule has 1 unspecified atom stereocenters. The van der Waals surface area contributed by atoms with Crippen LogP contribution in [0.2, 0.25) is 0 Å². The number of ether oxygens (including phenoxy) is 1. The zero-order valence-corrected chi connectivity index (χ0v) is 10.8. The SMILES string of the molecule is COc1ccc(C)cc1C(=O)N1CCCC1CO. The molecule has 1 saturated heterocycles. The number of benzene rings is 1. The fourth-order valence-corrected chi connectivity index (χ4v) is 2.44. The number of hydrogen-bond acceptors (Lipinski definition) is 3. The summed E-state index contributed by atoms with van der Waals surface area (Å²) in [5.41, 5.74) is 1.61. The van der Waals surface area contributed by atoms with E-state index in [2.05, 4.69) is 0 Å². The molecular formula is C14H19NO3. The van der Waals surface area contributed by atoms with E-state index < -0.39 is 0 Å². The number of carbonyl (C=O) groups excluding carboxylic acids is 1. The molecule has 1 N–H and O–H groups in total. The number of aliphatic hydroxyl groups excluding tert-OH is 1. The first-order valence-electron chi connectivity index (χ1n) is 6.24. The molecule has 1 atom stereocenters. The summed E-state index contributed by atoms with van der Waals surface area (Å²) in [7, 11) is 1.56. The molecule has 0 radical (unpaired) electrons. The molecule has 2 rings (SSSR count). The van der Waals surface area contributed by atoms with E-state index in [1.807, 2.05) is 25.1 Å². The fraction of sp³-hybridized carbons (Fsp3) is 0.500. The fourth-order valence-electron chi connectivity index (χ4n) is 2.44. The van der Waals surface area contributed by atoms with Crippen LogP contribution < -0.4 is 4.74 Å². The lowest BCUT2D eigenvalue weighted by Crippen LogP contribution is -2.37. The Hall–Kier alpha value is -1.55. The first-order valence-corrected chi connectivity index (χ1v) is 6.24. The van der Waals surface area contributed by atoms with Crippen LogP contribution in [0.25, 0.3) is 0 Å². The number of amides is 1. The first-order chi connectivity index (χ1) is 8.67. The van der Waals surface area contributed by atoms with E-state index in [0.29, 0.717) is 17.9 Å². The van der Waals surface area contributed by atoms with Gasteiger partial charge >= 0.3 is 0 Å². The normalized spacial score (nSPS) is 19.1. The lowest BCUT2D eigenvalue weighted by atomic mass is 10.1. The second-order valence-corrected chi connectivity index (χ2v) is 4.68. The number of aryl methyl sites for hydroxylation is 1. The van der Waals surface area contributed by atoms with E-state index in [4.69, 9.17) is 4.74 Å². The van der Waals surface area contributed by atoms with Gasteiger partial charge in [0.1, 0.15) is 5.75 Å². The van der Waals surface area contributed by atoms with Crippen molar-refractivity contribution < 1.29 is 14.6 Å². The van der Waals surface area contributed by atoms with Gasteiger partial charge in [0.25, 0.3) is 5.91 Å². The lowest BCUT2D eigenvalue weighted by Gasteiger charge is -2.24. The van der Waals surface area contributed by atoms with Crippen LogP contribution in [-0.2, 0) is 0 Å². The molecule has 4 heteroatoms. The van der Waals surface area contributed by atoms with Gasteiger partial charge in [-0.15, -0.1) is 0 Å². The molecule has 0 bridgehead atoms. The summed E-state index contributed by atoms with van der Waals surface area (Å²) in [4.78, 5) is 14.2. The largest absolute Gasteiger partial charge is 0.496 e. The van der Waals surface area contributed by atoms with Crippen LogP contribution in [0.15, 0.2) is 18.2 Å². The number of hydrogen-bond donors (Lipinski definition) is 1. The van der Waals surface area contributed by atoms with E-state index in [9.17, 15) is 9.90 Å². The Morgan fingerprint density at radius 1 is 1.56 bits per heavy atom. The molecule has 0 aliphatic carbocycles. The zero-order valence-electron chi connectivity index (χ0n) is 10.8. The van der Waals surface area contributed by atoms with Gasteiger partial charge in [-0.25, -0.2) is 0 Å². The molecule has 1 aliphatic rings. The van der Waals surface area contributed by atoms with Gasteiger partial charge in [-0.3, -0.25) is 4.79 Å². The molecule has 1 heterocycles. The predicted octanol–water partition coefficient (Wildman–Crippen LogP) is 1.60. The zero-order chi connectivity index (χ0) is 13.1. The van der Waals surface area contributed by atoms with Gasteiger partial charge in [0, 0.05) is 6.54 Å². The number of nitrogens with zero attached hydrogens (tertiary/aromatic N) is 1. The van der Waals surface area contributed by atoms with E-state index >= 15 is 0 Å². The molecule has 4 nitrogen and oxygen atoms in total. The van der Waals surface area contributed by atoms with Crippen LogP contribution in [0, 0.1) is 6.92 Å². The minimum Gasteiger partial charge on any atom is -0.496 e. The summed E-state index contributed by atoms with van der Waals surface area (Å²) in [6, 6.07) is 5.52. The maximum atomic E-state index is 12.5. The van der Waals surface area contributed by atoms with Crippen LogP contribution in [0.1, 0.15) is 28.8 Å². The van der Waals surface area contributed by atoms with E-state index in [0.717, 1.165) is 18.4 Å². The minimum absolute atomic E-state index is 0.0276. The smallest absolute Gasteiger partial charge is 0.257 e. The molecule has 1 aliphatic heterocycles. The molecule has 0 spiro atoms. The molecule has 1 amide bonds. The maximum Gasteiger partial charge on any atom is 0.257 e. The average Bonchev–Trinajstić information content (AvgIpc) is 2.86. The first kappa shape index (κ1) is 12.9. The number of carbonyl (C=O) groups is 1. The molecule has 1 fully saturated rings. The molecule has 1 aromatic carbocycles. The van der Waals surface area contributed by atoms with Gasteiger partial charge in [-0.05, 0) is 31.9 Å². The van der Waals surface area contributed by atoms with Crippen molar-refractivity contribution in [2.75, 3.05) is 20.3 Å². The van der Waals surface area contributed by atoms with E-state index in [1.165, 1.54) is 0 Å². The summed E-state index contributed by atoms with van der Waals surface area (Å²) >= 11 is 0. The number of likely N-dealkylation sites (tertiary alicyclic amines) is 1. The molecular weight excluding hydrogens is 230 g/mol. The van der Waals surface area contributed by atoms with Crippen molar-refractivity contribution in [2.45, 2.75) is 25.8 Å². The Kier molecular flexibility index (Phi) is 3.87. The van der Waals surface area contributed by atoms with Crippen molar-refractivity contribution in [3.63, 3.8) is 0 Å². The van der Waals surface area contributed by atoms with Gasteiger partial charge in [-0.1, -0.05) is 11.6 Å². The van der Waals surface area contributed by atoms with Gasteiger partial charge in [-0.2, -0.15) is 0 Å². The quantitative estimate of drug-likeness (QED) is 0.885. The van der Waals surface area contributed by atoms with Crippen molar-refractivity contribution in [3.05, 3.63) is 29.3 Å². The van der Waals surface area contributed by atoms with Crippen LogP contribution in [0.5, 0.6) is 5.75 Å². The summed E-state index contributed by atoms with van der Waals surface area (Å²) in [6.07, 6.45) is 1.82. The third-order valence-corrected chi connectivity index (χ3v) is 3.43. The van der Waals surface area contributed by atoms with Crippen molar-refractivity contribution >= 4 is 5.91 Å². The van der Waals surface area contributed by atoms with Crippen molar-refractivity contribution in [1.29, 1.82) is 0 Å². The van der Waals surface area contributed by atoms with Gasteiger partial charge in [0.05, 0.1) is 25.3 Å². The highest BCUT2D eigenvalue weighted by molar-refractivity contribution is 5.97. The predicted molar refractivity (Wildman–Crippen MR) is 68.9 cm³/mol. The van der Waals surface area contributed by atoms with Gasteiger partial charge in [0.15, 0.2) is 0 Å². The highest BCUT2D eigenvalue weighted by Crippen LogP contribution is 2.25. The molecule has 0 saturated carbocycles. The lowest BCUT2D eigenvalue weighted by molar-refractivity contribution is 0.0674. The number of rotatable bonds is 3. The molecule has 0 aromatic heterocycles.